The minimum Gasteiger partial charge on any atom is -0.370 e. The van der Waals surface area contributed by atoms with E-state index in [1.54, 1.807) is 0 Å². The molecule has 0 aromatic carbocycles. The van der Waals surface area contributed by atoms with E-state index in [1.165, 1.54) is 64.2 Å². The lowest BCUT2D eigenvalue weighted by molar-refractivity contribution is -0.123. The van der Waals surface area contributed by atoms with E-state index in [-0.39, 0.29) is 5.60 Å². The molecule has 2 nitrogen and oxygen atoms in total. The standard InChI is InChI=1S/C19H37NO/c1-4-11-20-15-19(9-7-5-6-8-10-19)21-18-13-16(2)12-17(3)14-18/h16-18,20H,4-15H2,1-3H3. The Morgan fingerprint density at radius 1 is 0.952 bits per heavy atom. The quantitative estimate of drug-likeness (QED) is 0.554. The molecule has 2 fully saturated rings. The molecule has 2 aliphatic rings. The lowest BCUT2D eigenvalue weighted by Gasteiger charge is -2.41. The van der Waals surface area contributed by atoms with Gasteiger partial charge in [0.2, 0.25) is 0 Å². The first-order valence-corrected chi connectivity index (χ1v) is 9.52. The molecule has 0 aromatic rings. The van der Waals surface area contributed by atoms with Crippen molar-refractivity contribution in [2.24, 2.45) is 11.8 Å². The van der Waals surface area contributed by atoms with Crippen LogP contribution in [0.1, 0.15) is 85.0 Å². The van der Waals surface area contributed by atoms with Crippen LogP contribution < -0.4 is 5.32 Å². The van der Waals surface area contributed by atoms with E-state index in [1.807, 2.05) is 0 Å². The molecule has 2 rings (SSSR count). The van der Waals surface area contributed by atoms with Crippen molar-refractivity contribution in [3.05, 3.63) is 0 Å². The molecule has 2 heteroatoms. The second kappa shape index (κ2) is 8.53. The Balaban J connectivity index is 1.96. The van der Waals surface area contributed by atoms with Crippen molar-refractivity contribution in [1.29, 1.82) is 0 Å². The van der Waals surface area contributed by atoms with Crippen molar-refractivity contribution in [2.45, 2.75) is 96.7 Å². The van der Waals surface area contributed by atoms with Gasteiger partial charge in [-0.3, -0.25) is 0 Å². The molecule has 0 aliphatic heterocycles. The van der Waals surface area contributed by atoms with Gasteiger partial charge in [-0.1, -0.05) is 46.5 Å². The summed E-state index contributed by atoms with van der Waals surface area (Å²) in [6.45, 7) is 9.25. The van der Waals surface area contributed by atoms with Gasteiger partial charge in [0.25, 0.3) is 0 Å². The molecule has 124 valence electrons. The zero-order chi connectivity index (χ0) is 15.1. The van der Waals surface area contributed by atoms with Gasteiger partial charge in [-0.2, -0.15) is 0 Å². The average Bonchev–Trinajstić information content (AvgIpc) is 2.64. The van der Waals surface area contributed by atoms with Crippen LogP contribution in [0, 0.1) is 11.8 Å². The van der Waals surface area contributed by atoms with E-state index in [4.69, 9.17) is 4.74 Å². The number of rotatable bonds is 6. The predicted molar refractivity (Wildman–Crippen MR) is 90.6 cm³/mol. The van der Waals surface area contributed by atoms with Crippen molar-refractivity contribution < 1.29 is 4.74 Å². The topological polar surface area (TPSA) is 21.3 Å². The predicted octanol–water partition coefficient (Wildman–Crippen LogP) is 4.92. The minimum atomic E-state index is 0.132. The first kappa shape index (κ1) is 17.3. The summed E-state index contributed by atoms with van der Waals surface area (Å²) in [6, 6.07) is 0. The van der Waals surface area contributed by atoms with Crippen LogP contribution in [0.2, 0.25) is 0 Å². The molecule has 2 aliphatic carbocycles. The Hall–Kier alpha value is -0.0800. The highest BCUT2D eigenvalue weighted by Gasteiger charge is 2.36. The van der Waals surface area contributed by atoms with Crippen molar-refractivity contribution in [1.82, 2.24) is 5.32 Å². The Morgan fingerprint density at radius 2 is 1.57 bits per heavy atom. The number of ether oxygens (including phenoxy) is 1. The number of hydrogen-bond donors (Lipinski definition) is 1. The Bertz CT molecular complexity index is 273. The fraction of sp³-hybridized carbons (Fsp3) is 1.00. The molecule has 0 radical (unpaired) electrons. The molecule has 0 amide bonds. The third-order valence-corrected chi connectivity index (χ3v) is 5.44. The molecule has 0 spiro atoms. The van der Waals surface area contributed by atoms with Crippen LogP contribution in [-0.4, -0.2) is 24.8 Å². The zero-order valence-electron chi connectivity index (χ0n) is 14.6. The molecule has 21 heavy (non-hydrogen) atoms. The maximum Gasteiger partial charge on any atom is 0.0810 e. The summed E-state index contributed by atoms with van der Waals surface area (Å²) >= 11 is 0. The van der Waals surface area contributed by atoms with Crippen LogP contribution >= 0.6 is 0 Å². The van der Waals surface area contributed by atoms with Crippen LogP contribution in [0.3, 0.4) is 0 Å². The van der Waals surface area contributed by atoms with Gasteiger partial charge in [0, 0.05) is 6.54 Å². The van der Waals surface area contributed by atoms with E-state index >= 15 is 0 Å². The summed E-state index contributed by atoms with van der Waals surface area (Å²) in [5, 5.41) is 3.66. The van der Waals surface area contributed by atoms with Gasteiger partial charge >= 0.3 is 0 Å². The summed E-state index contributed by atoms with van der Waals surface area (Å²) in [6.07, 6.45) is 13.7. The first-order chi connectivity index (χ1) is 10.1. The maximum atomic E-state index is 6.82. The minimum absolute atomic E-state index is 0.132. The van der Waals surface area contributed by atoms with E-state index in [9.17, 15) is 0 Å². The summed E-state index contributed by atoms with van der Waals surface area (Å²) in [7, 11) is 0. The first-order valence-electron chi connectivity index (χ1n) is 9.52. The SMILES string of the molecule is CCCNCC1(OC2CC(C)CC(C)C2)CCCCCC1. The van der Waals surface area contributed by atoms with Crippen LogP contribution in [0.5, 0.6) is 0 Å². The number of nitrogens with one attached hydrogen (secondary N) is 1. The van der Waals surface area contributed by atoms with Crippen LogP contribution in [0.25, 0.3) is 0 Å². The normalized spacial score (nSPS) is 33.6. The summed E-state index contributed by atoms with van der Waals surface area (Å²) in [5.74, 6) is 1.68. The molecule has 0 heterocycles. The lowest BCUT2D eigenvalue weighted by atomic mass is 9.81. The molecule has 0 aromatic heterocycles. The van der Waals surface area contributed by atoms with Gasteiger partial charge in [0.1, 0.15) is 0 Å². The van der Waals surface area contributed by atoms with Crippen LogP contribution in [0.4, 0.5) is 0 Å². The highest BCUT2D eigenvalue weighted by Crippen LogP contribution is 2.37. The summed E-state index contributed by atoms with van der Waals surface area (Å²) in [4.78, 5) is 0. The van der Waals surface area contributed by atoms with Gasteiger partial charge < -0.3 is 10.1 Å². The van der Waals surface area contributed by atoms with E-state index in [0.29, 0.717) is 6.10 Å². The van der Waals surface area contributed by atoms with Crippen LogP contribution in [0.15, 0.2) is 0 Å². The maximum absolute atomic E-state index is 6.82. The Morgan fingerprint density at radius 3 is 2.14 bits per heavy atom. The molecular formula is C19H37NO. The molecule has 2 unspecified atom stereocenters. The third-order valence-electron chi connectivity index (χ3n) is 5.44. The Kier molecular flexibility index (Phi) is 7.01. The van der Waals surface area contributed by atoms with Gasteiger partial charge in [0.15, 0.2) is 0 Å². The van der Waals surface area contributed by atoms with E-state index < -0.39 is 0 Å². The fourth-order valence-corrected chi connectivity index (χ4v) is 4.53. The monoisotopic (exact) mass is 295 g/mol. The molecule has 1 N–H and O–H groups in total. The second-order valence-corrected chi connectivity index (χ2v) is 7.93. The van der Waals surface area contributed by atoms with Crippen LogP contribution in [-0.2, 0) is 4.74 Å². The smallest absolute Gasteiger partial charge is 0.0810 e. The van der Waals surface area contributed by atoms with Gasteiger partial charge in [-0.25, -0.2) is 0 Å². The van der Waals surface area contributed by atoms with Crippen molar-refractivity contribution >= 4 is 0 Å². The largest absolute Gasteiger partial charge is 0.370 e. The molecular weight excluding hydrogens is 258 g/mol. The van der Waals surface area contributed by atoms with Crippen molar-refractivity contribution in [3.63, 3.8) is 0 Å². The fourth-order valence-electron chi connectivity index (χ4n) is 4.53. The zero-order valence-corrected chi connectivity index (χ0v) is 14.6. The molecule has 2 atom stereocenters. The van der Waals surface area contributed by atoms with E-state index in [2.05, 4.69) is 26.1 Å². The average molecular weight is 296 g/mol. The number of hydrogen-bond acceptors (Lipinski definition) is 2. The highest BCUT2D eigenvalue weighted by molar-refractivity contribution is 4.88. The molecule has 0 saturated heterocycles. The van der Waals surface area contributed by atoms with Crippen molar-refractivity contribution in [2.75, 3.05) is 13.1 Å². The summed E-state index contributed by atoms with van der Waals surface area (Å²) in [5.41, 5.74) is 0.132. The van der Waals surface area contributed by atoms with E-state index in [0.717, 1.165) is 24.9 Å². The third kappa shape index (κ3) is 5.56. The van der Waals surface area contributed by atoms with Gasteiger partial charge in [-0.15, -0.1) is 0 Å². The Labute approximate surface area is 132 Å². The van der Waals surface area contributed by atoms with Gasteiger partial charge in [-0.05, 0) is 56.9 Å². The molecule has 2 saturated carbocycles. The lowest BCUT2D eigenvalue weighted by Crippen LogP contribution is -2.46. The van der Waals surface area contributed by atoms with Gasteiger partial charge in [0.05, 0.1) is 11.7 Å². The van der Waals surface area contributed by atoms with Crippen molar-refractivity contribution in [3.8, 4) is 0 Å². The second-order valence-electron chi connectivity index (χ2n) is 7.93. The highest BCUT2D eigenvalue weighted by atomic mass is 16.5. The molecule has 0 bridgehead atoms. The summed E-state index contributed by atoms with van der Waals surface area (Å²) < 4.78 is 6.82.